The lowest BCUT2D eigenvalue weighted by molar-refractivity contribution is -0.178. The van der Waals surface area contributed by atoms with Crippen molar-refractivity contribution in [3.05, 3.63) is 29.3 Å². The van der Waals surface area contributed by atoms with Crippen molar-refractivity contribution < 1.29 is 14.3 Å². The summed E-state index contributed by atoms with van der Waals surface area (Å²) >= 11 is 5.90. The van der Waals surface area contributed by atoms with Gasteiger partial charge in [0, 0.05) is 36.2 Å². The van der Waals surface area contributed by atoms with E-state index >= 15 is 0 Å². The number of nitrogens with zero attached hydrogens (tertiary/aromatic N) is 1. The number of nitrogens with one attached hydrogen (secondary N) is 1. The predicted octanol–water partition coefficient (Wildman–Crippen LogP) is 2.69. The zero-order valence-electron chi connectivity index (χ0n) is 15.5. The highest BCUT2D eigenvalue weighted by Gasteiger charge is 2.63. The van der Waals surface area contributed by atoms with Crippen LogP contribution >= 0.6 is 24.0 Å². The summed E-state index contributed by atoms with van der Waals surface area (Å²) in [7, 11) is 1.58. The molecular weight excluding hydrogens is 377 g/mol. The fourth-order valence-electron chi connectivity index (χ4n) is 3.19. The van der Waals surface area contributed by atoms with E-state index in [0.29, 0.717) is 23.7 Å². The van der Waals surface area contributed by atoms with Crippen molar-refractivity contribution >= 4 is 41.5 Å². The molecule has 0 heterocycles. The minimum Gasteiger partial charge on any atom is -0.378 e. The largest absolute Gasteiger partial charge is 0.378 e. The Bertz CT molecular complexity index is 669. The zero-order valence-corrected chi connectivity index (χ0v) is 17.1. The molecule has 1 aliphatic carbocycles. The Morgan fingerprint density at radius 1 is 1.42 bits per heavy atom. The van der Waals surface area contributed by atoms with Crippen molar-refractivity contribution in [2.75, 3.05) is 25.5 Å². The van der Waals surface area contributed by atoms with Gasteiger partial charge in [-0.15, -0.1) is 12.4 Å². The van der Waals surface area contributed by atoms with Crippen molar-refractivity contribution in [1.29, 1.82) is 0 Å². The number of likely N-dealkylation sites (N-methyl/N-ethyl adjacent to an activating group) is 1. The molecule has 0 radical (unpaired) electrons. The summed E-state index contributed by atoms with van der Waals surface area (Å²) in [6.45, 7) is 6.26. The van der Waals surface area contributed by atoms with E-state index in [2.05, 4.69) is 5.32 Å². The fraction of sp³-hybridized carbons (Fsp3) is 0.556. The lowest BCUT2D eigenvalue weighted by Crippen LogP contribution is -2.76. The van der Waals surface area contributed by atoms with Gasteiger partial charge in [0.05, 0.1) is 12.6 Å². The molecule has 146 valence electrons. The van der Waals surface area contributed by atoms with Crippen LogP contribution in [0, 0.1) is 5.41 Å². The monoisotopic (exact) mass is 403 g/mol. The van der Waals surface area contributed by atoms with Crippen LogP contribution < -0.4 is 11.1 Å². The molecule has 2 unspecified atom stereocenters. The first kappa shape index (κ1) is 22.7. The average molecular weight is 404 g/mol. The highest BCUT2D eigenvalue weighted by molar-refractivity contribution is 6.30. The second kappa shape index (κ2) is 8.57. The number of hydrogen-bond donors (Lipinski definition) is 2. The Hall–Kier alpha value is -1.34. The molecule has 3 N–H and O–H groups in total. The Kier molecular flexibility index (Phi) is 7.48. The fourth-order valence-corrected chi connectivity index (χ4v) is 3.38. The van der Waals surface area contributed by atoms with Crippen LogP contribution in [0.3, 0.4) is 0 Å². The van der Waals surface area contributed by atoms with Crippen molar-refractivity contribution in [1.82, 2.24) is 4.90 Å². The molecule has 0 bridgehead atoms. The van der Waals surface area contributed by atoms with Crippen LogP contribution in [0.15, 0.2) is 24.3 Å². The average Bonchev–Trinajstić information content (AvgIpc) is 2.53. The number of anilines is 1. The number of halogens is 2. The van der Waals surface area contributed by atoms with Gasteiger partial charge in [0.2, 0.25) is 11.8 Å². The maximum Gasteiger partial charge on any atom is 0.243 e. The molecule has 2 atom stereocenters. The van der Waals surface area contributed by atoms with Gasteiger partial charge in [0.1, 0.15) is 5.54 Å². The van der Waals surface area contributed by atoms with Crippen molar-refractivity contribution in [3.8, 4) is 0 Å². The smallest absolute Gasteiger partial charge is 0.243 e. The van der Waals surface area contributed by atoms with E-state index < -0.39 is 11.0 Å². The van der Waals surface area contributed by atoms with Gasteiger partial charge < -0.3 is 20.7 Å². The SMILES string of the molecule is CCOC1CC(N)(C(=O)N(C)CC(=O)Nc2cccc(Cl)c2)C1(C)C.Cl. The molecule has 2 rings (SSSR count). The molecule has 1 aromatic carbocycles. The molecule has 1 aromatic rings. The molecule has 0 aliphatic heterocycles. The number of rotatable bonds is 6. The van der Waals surface area contributed by atoms with E-state index in [1.165, 1.54) is 4.90 Å². The number of carbonyl (C=O) groups excluding carboxylic acids is 2. The molecule has 0 saturated heterocycles. The predicted molar refractivity (Wildman–Crippen MR) is 106 cm³/mol. The molecule has 8 heteroatoms. The molecule has 1 fully saturated rings. The molecule has 2 amide bonds. The number of carbonyl (C=O) groups is 2. The maximum absolute atomic E-state index is 12.8. The van der Waals surface area contributed by atoms with Crippen LogP contribution in [0.4, 0.5) is 5.69 Å². The molecule has 1 saturated carbocycles. The van der Waals surface area contributed by atoms with E-state index in [1.807, 2.05) is 20.8 Å². The second-order valence-electron chi connectivity index (χ2n) is 7.06. The number of amides is 2. The number of benzene rings is 1. The first-order valence-corrected chi connectivity index (χ1v) is 8.71. The van der Waals surface area contributed by atoms with Crippen molar-refractivity contribution in [2.45, 2.75) is 38.8 Å². The van der Waals surface area contributed by atoms with E-state index in [-0.39, 0.29) is 36.9 Å². The van der Waals surface area contributed by atoms with Gasteiger partial charge in [-0.2, -0.15) is 0 Å². The molecule has 26 heavy (non-hydrogen) atoms. The van der Waals surface area contributed by atoms with E-state index in [0.717, 1.165) is 0 Å². The normalized spacial score (nSPS) is 23.4. The Balaban J connectivity index is 0.00000338. The minimum absolute atomic E-state index is 0. The summed E-state index contributed by atoms with van der Waals surface area (Å²) in [5.74, 6) is -0.560. The lowest BCUT2D eigenvalue weighted by atomic mass is 9.54. The van der Waals surface area contributed by atoms with Gasteiger partial charge in [-0.1, -0.05) is 31.5 Å². The molecule has 6 nitrogen and oxygen atoms in total. The molecule has 1 aliphatic rings. The first-order chi connectivity index (χ1) is 11.6. The molecule has 0 spiro atoms. The third-order valence-electron chi connectivity index (χ3n) is 5.05. The van der Waals surface area contributed by atoms with Crippen molar-refractivity contribution in [3.63, 3.8) is 0 Å². The Morgan fingerprint density at radius 3 is 2.62 bits per heavy atom. The van der Waals surface area contributed by atoms with Crippen molar-refractivity contribution in [2.24, 2.45) is 11.1 Å². The Labute approximate surface area is 165 Å². The van der Waals surface area contributed by atoms with E-state index in [9.17, 15) is 9.59 Å². The highest BCUT2D eigenvalue weighted by atomic mass is 35.5. The van der Waals surface area contributed by atoms with Gasteiger partial charge in [0.25, 0.3) is 0 Å². The summed E-state index contributed by atoms with van der Waals surface area (Å²) in [5, 5.41) is 3.25. The van der Waals surface area contributed by atoms with Crippen LogP contribution in [0.2, 0.25) is 5.02 Å². The van der Waals surface area contributed by atoms with E-state index in [1.54, 1.807) is 31.3 Å². The quantitative estimate of drug-likeness (QED) is 0.764. The van der Waals surface area contributed by atoms with Gasteiger partial charge in [-0.25, -0.2) is 0 Å². The van der Waals surface area contributed by atoms with Crippen LogP contribution in [0.25, 0.3) is 0 Å². The summed E-state index contributed by atoms with van der Waals surface area (Å²) in [6, 6.07) is 6.84. The minimum atomic E-state index is -1.03. The summed E-state index contributed by atoms with van der Waals surface area (Å²) < 4.78 is 5.65. The highest BCUT2D eigenvalue weighted by Crippen LogP contribution is 2.50. The Morgan fingerprint density at radius 2 is 2.08 bits per heavy atom. The number of ether oxygens (including phenoxy) is 1. The van der Waals surface area contributed by atoms with Gasteiger partial charge >= 0.3 is 0 Å². The van der Waals surface area contributed by atoms with Crippen LogP contribution in [0.1, 0.15) is 27.2 Å². The molecular formula is C18H27Cl2N3O3. The zero-order chi connectivity index (χ0) is 18.8. The van der Waals surface area contributed by atoms with Gasteiger partial charge in [0.15, 0.2) is 0 Å². The second-order valence-corrected chi connectivity index (χ2v) is 7.50. The van der Waals surface area contributed by atoms with E-state index in [4.69, 9.17) is 22.1 Å². The third kappa shape index (κ3) is 4.31. The number of nitrogens with two attached hydrogens (primary N) is 1. The third-order valence-corrected chi connectivity index (χ3v) is 5.28. The van der Waals surface area contributed by atoms with Gasteiger partial charge in [-0.05, 0) is 25.1 Å². The standard InChI is InChI=1S/C18H26ClN3O3.ClH/c1-5-25-14-10-18(20,17(14,2)3)16(24)22(4)11-15(23)21-13-8-6-7-12(19)9-13;/h6-9,14H,5,10-11,20H2,1-4H3,(H,21,23);1H. The number of hydrogen-bond acceptors (Lipinski definition) is 4. The topological polar surface area (TPSA) is 84.7 Å². The molecule has 0 aromatic heterocycles. The summed E-state index contributed by atoms with van der Waals surface area (Å²) in [6.07, 6.45) is 0.396. The van der Waals surface area contributed by atoms with Gasteiger partial charge in [-0.3, -0.25) is 9.59 Å². The summed E-state index contributed by atoms with van der Waals surface area (Å²) in [4.78, 5) is 26.4. The van der Waals surface area contributed by atoms with Crippen LogP contribution in [-0.2, 0) is 14.3 Å². The van der Waals surface area contributed by atoms with Crippen LogP contribution in [-0.4, -0.2) is 48.6 Å². The maximum atomic E-state index is 12.8. The summed E-state index contributed by atoms with van der Waals surface area (Å²) in [5.41, 5.74) is 5.44. The lowest BCUT2D eigenvalue weighted by Gasteiger charge is -2.58. The first-order valence-electron chi connectivity index (χ1n) is 8.33. The van der Waals surface area contributed by atoms with Crippen LogP contribution in [0.5, 0.6) is 0 Å².